The van der Waals surface area contributed by atoms with Crippen molar-refractivity contribution < 1.29 is 10.9 Å². The SMILES string of the molecule is CCC(C)NCCOCCOCCN1Cc2ccc(C(C)CC)cc2C1.[HH]. The van der Waals surface area contributed by atoms with Crippen molar-refractivity contribution in [3.63, 3.8) is 0 Å². The van der Waals surface area contributed by atoms with E-state index in [2.05, 4.69) is 56.1 Å². The van der Waals surface area contributed by atoms with Crippen LogP contribution in [0.15, 0.2) is 18.2 Å². The molecule has 4 nitrogen and oxygen atoms in total. The summed E-state index contributed by atoms with van der Waals surface area (Å²) in [6, 6.07) is 7.60. The molecule has 1 aliphatic heterocycles. The van der Waals surface area contributed by atoms with Gasteiger partial charge in [0.05, 0.1) is 26.4 Å². The van der Waals surface area contributed by atoms with Crippen molar-refractivity contribution in [3.05, 3.63) is 34.9 Å². The average molecular weight is 365 g/mol. The number of benzene rings is 1. The minimum atomic E-state index is 0. The first-order valence-corrected chi connectivity index (χ1v) is 10.4. The molecule has 1 aliphatic rings. The predicted molar refractivity (Wildman–Crippen MR) is 111 cm³/mol. The van der Waals surface area contributed by atoms with Crippen LogP contribution < -0.4 is 5.32 Å². The van der Waals surface area contributed by atoms with E-state index in [-0.39, 0.29) is 1.43 Å². The highest BCUT2D eigenvalue weighted by molar-refractivity contribution is 5.36. The van der Waals surface area contributed by atoms with E-state index in [9.17, 15) is 0 Å². The molecule has 4 heteroatoms. The molecule has 0 radical (unpaired) electrons. The van der Waals surface area contributed by atoms with Gasteiger partial charge in [0.25, 0.3) is 0 Å². The maximum atomic E-state index is 5.74. The Morgan fingerprint density at radius 1 is 1.00 bits per heavy atom. The van der Waals surface area contributed by atoms with Gasteiger partial charge < -0.3 is 14.8 Å². The number of nitrogens with one attached hydrogen (secondary N) is 1. The fourth-order valence-electron chi connectivity index (χ4n) is 3.22. The summed E-state index contributed by atoms with van der Waals surface area (Å²) in [5.74, 6) is 0.651. The standard InChI is InChI=1S/C22H38N2O2.H2/c1-5-18(3)20-7-8-21-16-24(17-22(21)15-20)10-12-26-14-13-25-11-9-23-19(4)6-2;/h7-8,15,18-19,23H,5-6,9-14,16-17H2,1-4H3;1H. The van der Waals surface area contributed by atoms with E-state index in [0.717, 1.165) is 45.8 Å². The Labute approximate surface area is 161 Å². The van der Waals surface area contributed by atoms with Gasteiger partial charge in [-0.3, -0.25) is 4.90 Å². The van der Waals surface area contributed by atoms with Crippen molar-refractivity contribution >= 4 is 0 Å². The normalized spacial score (nSPS) is 16.6. The minimum Gasteiger partial charge on any atom is -0.378 e. The molecule has 0 aliphatic carbocycles. The van der Waals surface area contributed by atoms with Gasteiger partial charge >= 0.3 is 0 Å². The molecule has 2 unspecified atom stereocenters. The smallest absolute Gasteiger partial charge is 0.0701 e. The largest absolute Gasteiger partial charge is 0.378 e. The molecule has 2 atom stereocenters. The number of ether oxygens (including phenoxy) is 2. The third-order valence-electron chi connectivity index (χ3n) is 5.48. The summed E-state index contributed by atoms with van der Waals surface area (Å²) in [6.07, 6.45) is 2.36. The van der Waals surface area contributed by atoms with Crippen LogP contribution >= 0.6 is 0 Å². The fraction of sp³-hybridized carbons (Fsp3) is 0.727. The summed E-state index contributed by atoms with van der Waals surface area (Å²) in [4.78, 5) is 2.47. The van der Waals surface area contributed by atoms with Crippen molar-refractivity contribution in [3.8, 4) is 0 Å². The second kappa shape index (κ2) is 11.7. The molecule has 0 saturated heterocycles. The van der Waals surface area contributed by atoms with Crippen molar-refractivity contribution in [1.82, 2.24) is 10.2 Å². The van der Waals surface area contributed by atoms with Crippen LogP contribution in [0.3, 0.4) is 0 Å². The van der Waals surface area contributed by atoms with Gasteiger partial charge in [0.1, 0.15) is 0 Å². The highest BCUT2D eigenvalue weighted by Gasteiger charge is 2.19. The topological polar surface area (TPSA) is 33.7 Å². The number of nitrogens with zero attached hydrogens (tertiary/aromatic N) is 1. The Kier molecular flexibility index (Phi) is 9.62. The molecule has 0 amide bonds. The molecular formula is C22H40N2O2. The van der Waals surface area contributed by atoms with E-state index >= 15 is 0 Å². The lowest BCUT2D eigenvalue weighted by Gasteiger charge is -2.15. The van der Waals surface area contributed by atoms with Crippen molar-refractivity contribution in [2.75, 3.05) is 39.5 Å². The summed E-state index contributed by atoms with van der Waals surface area (Å²) in [5, 5.41) is 3.42. The lowest BCUT2D eigenvalue weighted by Crippen LogP contribution is -2.29. The lowest BCUT2D eigenvalue weighted by atomic mass is 9.95. The van der Waals surface area contributed by atoms with E-state index < -0.39 is 0 Å². The number of rotatable bonds is 13. The van der Waals surface area contributed by atoms with Gasteiger partial charge in [0.15, 0.2) is 0 Å². The third-order valence-corrected chi connectivity index (χ3v) is 5.48. The fourth-order valence-corrected chi connectivity index (χ4v) is 3.22. The average Bonchev–Trinajstić information content (AvgIpc) is 3.07. The van der Waals surface area contributed by atoms with Crippen LogP contribution in [-0.4, -0.2) is 50.5 Å². The highest BCUT2D eigenvalue weighted by atomic mass is 16.5. The second-order valence-electron chi connectivity index (χ2n) is 7.54. The Hall–Kier alpha value is -0.940. The van der Waals surface area contributed by atoms with Crippen molar-refractivity contribution in [2.45, 2.75) is 65.6 Å². The molecular weight excluding hydrogens is 324 g/mol. The molecule has 0 saturated carbocycles. The van der Waals surface area contributed by atoms with Crippen molar-refractivity contribution in [2.24, 2.45) is 0 Å². The van der Waals surface area contributed by atoms with Crippen LogP contribution in [0.1, 0.15) is 64.6 Å². The zero-order valence-electron chi connectivity index (χ0n) is 17.2. The molecule has 2 rings (SSSR count). The van der Waals surface area contributed by atoms with Crippen LogP contribution in [-0.2, 0) is 22.6 Å². The summed E-state index contributed by atoms with van der Waals surface area (Å²) in [5.41, 5.74) is 4.46. The van der Waals surface area contributed by atoms with Gasteiger partial charge in [0, 0.05) is 33.6 Å². The van der Waals surface area contributed by atoms with Crippen molar-refractivity contribution in [1.29, 1.82) is 0 Å². The van der Waals surface area contributed by atoms with Crippen LogP contribution in [0.25, 0.3) is 0 Å². The molecule has 1 aromatic rings. The first-order chi connectivity index (χ1) is 12.6. The predicted octanol–water partition coefficient (Wildman–Crippen LogP) is 4.18. The lowest BCUT2D eigenvalue weighted by molar-refractivity contribution is 0.0387. The number of hydrogen-bond acceptors (Lipinski definition) is 4. The van der Waals surface area contributed by atoms with E-state index in [0.29, 0.717) is 25.2 Å². The van der Waals surface area contributed by atoms with Crippen LogP contribution in [0.4, 0.5) is 0 Å². The first-order valence-electron chi connectivity index (χ1n) is 10.4. The third kappa shape index (κ3) is 6.99. The van der Waals surface area contributed by atoms with Gasteiger partial charge in [-0.2, -0.15) is 0 Å². The van der Waals surface area contributed by atoms with Crippen LogP contribution in [0, 0.1) is 0 Å². The maximum absolute atomic E-state index is 5.74. The van der Waals surface area contributed by atoms with E-state index in [1.54, 1.807) is 0 Å². The Bertz CT molecular complexity index is 527. The van der Waals surface area contributed by atoms with E-state index in [1.807, 2.05) is 0 Å². The summed E-state index contributed by atoms with van der Waals surface area (Å²) < 4.78 is 11.3. The molecule has 0 aromatic heterocycles. The summed E-state index contributed by atoms with van der Waals surface area (Å²) in [7, 11) is 0. The van der Waals surface area contributed by atoms with Gasteiger partial charge in [-0.05, 0) is 42.4 Å². The second-order valence-corrected chi connectivity index (χ2v) is 7.54. The molecule has 1 N–H and O–H groups in total. The summed E-state index contributed by atoms with van der Waals surface area (Å²) >= 11 is 0. The van der Waals surface area contributed by atoms with Gasteiger partial charge in [-0.15, -0.1) is 0 Å². The first kappa shape index (κ1) is 21.4. The Morgan fingerprint density at radius 2 is 1.73 bits per heavy atom. The number of fused-ring (bicyclic) bond motifs is 1. The van der Waals surface area contributed by atoms with Gasteiger partial charge in [0.2, 0.25) is 0 Å². The summed E-state index contributed by atoms with van der Waals surface area (Å²) in [6.45, 7) is 15.9. The van der Waals surface area contributed by atoms with E-state index in [4.69, 9.17) is 9.47 Å². The molecule has 26 heavy (non-hydrogen) atoms. The highest BCUT2D eigenvalue weighted by Crippen LogP contribution is 2.27. The van der Waals surface area contributed by atoms with Gasteiger partial charge in [-0.25, -0.2) is 0 Å². The molecule has 150 valence electrons. The molecule has 1 heterocycles. The molecule has 0 fully saturated rings. The maximum Gasteiger partial charge on any atom is 0.0701 e. The Morgan fingerprint density at radius 3 is 2.46 bits per heavy atom. The monoisotopic (exact) mass is 364 g/mol. The Balaban J connectivity index is 0.00000364. The van der Waals surface area contributed by atoms with Crippen LogP contribution in [0.2, 0.25) is 0 Å². The molecule has 0 spiro atoms. The number of hydrogen-bond donors (Lipinski definition) is 1. The zero-order chi connectivity index (χ0) is 18.8. The van der Waals surface area contributed by atoms with E-state index in [1.165, 1.54) is 23.1 Å². The van der Waals surface area contributed by atoms with Crippen LogP contribution in [0.5, 0.6) is 0 Å². The molecule has 1 aromatic carbocycles. The quantitative estimate of drug-likeness (QED) is 0.532. The molecule has 0 bridgehead atoms. The van der Waals surface area contributed by atoms with Gasteiger partial charge in [-0.1, -0.05) is 39.0 Å². The minimum absolute atomic E-state index is 0. The zero-order valence-corrected chi connectivity index (χ0v) is 17.2.